The number of hydrogen-bond acceptors (Lipinski definition) is 3. The number of carboxylic acids is 1. The van der Waals surface area contributed by atoms with Gasteiger partial charge in [-0.1, -0.05) is 73.3 Å². The van der Waals surface area contributed by atoms with Crippen LogP contribution >= 0.6 is 0 Å². The number of rotatable bonds is 6. The van der Waals surface area contributed by atoms with Crippen molar-refractivity contribution >= 4 is 35.5 Å². The minimum absolute atomic E-state index is 0.135. The molecule has 8 nitrogen and oxygen atoms in total. The number of anilines is 2. The number of urea groups is 2. The molecule has 0 aliphatic carbocycles. The minimum atomic E-state index is -1.17. The number of carbonyl (C=O) groups is 3. The van der Waals surface area contributed by atoms with Gasteiger partial charge in [0.25, 0.3) is 0 Å². The molecule has 206 valence electrons. The molecule has 0 saturated carbocycles. The van der Waals surface area contributed by atoms with Crippen LogP contribution in [0.25, 0.3) is 6.08 Å². The largest absolute Gasteiger partial charge is 0.480 e. The average Bonchev–Trinajstić information content (AvgIpc) is 3.30. The van der Waals surface area contributed by atoms with Gasteiger partial charge in [-0.3, -0.25) is 4.90 Å². The van der Waals surface area contributed by atoms with E-state index in [1.165, 1.54) is 4.90 Å². The van der Waals surface area contributed by atoms with Crippen LogP contribution in [-0.2, 0) is 11.3 Å². The molecule has 2 fully saturated rings. The highest BCUT2D eigenvalue weighted by molar-refractivity contribution is 6.01. The van der Waals surface area contributed by atoms with E-state index in [9.17, 15) is 19.5 Å². The van der Waals surface area contributed by atoms with E-state index >= 15 is 0 Å². The molecule has 40 heavy (non-hydrogen) atoms. The molecule has 8 heteroatoms. The number of carboxylic acid groups (broad SMARTS) is 1. The van der Waals surface area contributed by atoms with Crippen molar-refractivity contribution in [1.29, 1.82) is 0 Å². The van der Waals surface area contributed by atoms with Gasteiger partial charge in [-0.15, -0.1) is 0 Å². The molecule has 2 saturated heterocycles. The summed E-state index contributed by atoms with van der Waals surface area (Å²) in [6.45, 7) is 4.41. The first-order valence-electron chi connectivity index (χ1n) is 13.6. The van der Waals surface area contributed by atoms with E-state index in [0.29, 0.717) is 37.2 Å². The standard InChI is InChI=1S/C32H34N4O4/c1-3-23-14-16-24(17-15-23)22-33(2)31(39)36-27-18-19-28(36)29(30(37)38)34(21-20-27)32(40)35(25-10-6-4-7-11-25)26-12-8-5-9-13-26/h3-17,27-29H,1,18-22H2,2H3,(H,37,38)/t27-,28+,29-/m0/s1. The third-order valence-corrected chi connectivity index (χ3v) is 7.85. The molecule has 2 aliphatic heterocycles. The molecule has 3 aromatic rings. The van der Waals surface area contributed by atoms with Crippen molar-refractivity contribution in [2.45, 2.75) is 43.9 Å². The van der Waals surface area contributed by atoms with Crippen molar-refractivity contribution in [3.8, 4) is 0 Å². The quantitative estimate of drug-likeness (QED) is 0.428. The maximum absolute atomic E-state index is 14.2. The maximum Gasteiger partial charge on any atom is 0.329 e. The van der Waals surface area contributed by atoms with E-state index in [4.69, 9.17) is 0 Å². The summed E-state index contributed by atoms with van der Waals surface area (Å²) in [6.07, 6.45) is 3.52. The number of hydrogen-bond donors (Lipinski definition) is 1. The van der Waals surface area contributed by atoms with E-state index in [0.717, 1.165) is 11.1 Å². The molecular weight excluding hydrogens is 504 g/mol. The first kappa shape index (κ1) is 27.0. The van der Waals surface area contributed by atoms with Gasteiger partial charge in [0.05, 0.1) is 17.4 Å². The highest BCUT2D eigenvalue weighted by Crippen LogP contribution is 2.37. The molecule has 2 bridgehead atoms. The Morgan fingerprint density at radius 1 is 0.875 bits per heavy atom. The SMILES string of the molecule is C=Cc1ccc(CN(C)C(=O)N2[C@H]3CC[C@@H]2[C@@H](C(=O)O)N(C(=O)N(c2ccccc2)c2ccccc2)CC3)cc1. The summed E-state index contributed by atoms with van der Waals surface area (Å²) < 4.78 is 0. The van der Waals surface area contributed by atoms with E-state index in [1.807, 2.05) is 84.9 Å². The van der Waals surface area contributed by atoms with E-state index < -0.39 is 24.1 Å². The average molecular weight is 539 g/mol. The summed E-state index contributed by atoms with van der Waals surface area (Å²) >= 11 is 0. The molecule has 0 aromatic heterocycles. The number of para-hydroxylation sites is 2. The topological polar surface area (TPSA) is 84.4 Å². The van der Waals surface area contributed by atoms with Gasteiger partial charge in [0.2, 0.25) is 0 Å². The Bertz CT molecular complexity index is 1320. The Hall–Kier alpha value is -4.59. The molecule has 5 rings (SSSR count). The van der Waals surface area contributed by atoms with Gasteiger partial charge in [-0.25, -0.2) is 14.4 Å². The van der Waals surface area contributed by atoms with Gasteiger partial charge in [-0.05, 0) is 54.7 Å². The zero-order valence-corrected chi connectivity index (χ0v) is 22.6. The third kappa shape index (κ3) is 5.30. The first-order valence-corrected chi connectivity index (χ1v) is 13.6. The van der Waals surface area contributed by atoms with Gasteiger partial charge in [0, 0.05) is 26.2 Å². The van der Waals surface area contributed by atoms with Crippen LogP contribution in [0.2, 0.25) is 0 Å². The summed E-state index contributed by atoms with van der Waals surface area (Å²) in [6, 6.07) is 23.7. The lowest BCUT2D eigenvalue weighted by Gasteiger charge is -2.38. The van der Waals surface area contributed by atoms with Gasteiger partial charge in [0.15, 0.2) is 6.04 Å². The number of likely N-dealkylation sites (tertiary alicyclic amines) is 1. The Kier molecular flexibility index (Phi) is 7.86. The molecule has 2 heterocycles. The zero-order chi connectivity index (χ0) is 28.2. The van der Waals surface area contributed by atoms with Crippen LogP contribution in [-0.4, -0.2) is 69.6 Å². The second kappa shape index (κ2) is 11.7. The summed E-state index contributed by atoms with van der Waals surface area (Å²) in [5.41, 5.74) is 3.26. The lowest BCUT2D eigenvalue weighted by atomic mass is 10.0. The Morgan fingerprint density at radius 3 is 2.02 bits per heavy atom. The molecule has 0 unspecified atom stereocenters. The number of fused-ring (bicyclic) bond motifs is 2. The fraction of sp³-hybridized carbons (Fsp3) is 0.281. The predicted octanol–water partition coefficient (Wildman–Crippen LogP) is 5.83. The lowest BCUT2D eigenvalue weighted by Crippen LogP contribution is -2.58. The first-order chi connectivity index (χ1) is 19.4. The number of nitrogens with zero attached hydrogens (tertiary/aromatic N) is 4. The van der Waals surface area contributed by atoms with Gasteiger partial charge in [-0.2, -0.15) is 0 Å². The normalized spacial score (nSPS) is 20.0. The van der Waals surface area contributed by atoms with Gasteiger partial charge < -0.3 is 19.8 Å². The molecule has 3 aromatic carbocycles. The fourth-order valence-electron chi connectivity index (χ4n) is 5.90. The molecule has 0 radical (unpaired) electrons. The fourth-order valence-corrected chi connectivity index (χ4v) is 5.90. The smallest absolute Gasteiger partial charge is 0.329 e. The van der Waals surface area contributed by atoms with Gasteiger partial charge in [0.1, 0.15) is 0 Å². The number of amides is 4. The van der Waals surface area contributed by atoms with Crippen LogP contribution in [0.15, 0.2) is 91.5 Å². The minimum Gasteiger partial charge on any atom is -0.480 e. The summed E-state index contributed by atoms with van der Waals surface area (Å²) in [5.74, 6) is -1.11. The van der Waals surface area contributed by atoms with Crippen molar-refractivity contribution in [3.63, 3.8) is 0 Å². The summed E-state index contributed by atoms with van der Waals surface area (Å²) in [5, 5.41) is 10.5. The Morgan fingerprint density at radius 2 is 1.48 bits per heavy atom. The maximum atomic E-state index is 14.2. The van der Waals surface area contributed by atoms with E-state index in [2.05, 4.69) is 6.58 Å². The van der Waals surface area contributed by atoms with E-state index in [1.54, 1.807) is 27.8 Å². The Balaban J connectivity index is 1.43. The second-order valence-corrected chi connectivity index (χ2v) is 10.3. The number of benzene rings is 3. The lowest BCUT2D eigenvalue weighted by molar-refractivity contribution is -0.143. The summed E-state index contributed by atoms with van der Waals surface area (Å²) in [7, 11) is 1.74. The zero-order valence-electron chi connectivity index (χ0n) is 22.6. The predicted molar refractivity (Wildman–Crippen MR) is 155 cm³/mol. The van der Waals surface area contributed by atoms with Crippen molar-refractivity contribution in [1.82, 2.24) is 14.7 Å². The highest BCUT2D eigenvalue weighted by Gasteiger charge is 2.51. The molecule has 1 N–H and O–H groups in total. The summed E-state index contributed by atoms with van der Waals surface area (Å²) in [4.78, 5) is 47.2. The van der Waals surface area contributed by atoms with Crippen molar-refractivity contribution in [2.24, 2.45) is 0 Å². The van der Waals surface area contributed by atoms with Crippen molar-refractivity contribution in [3.05, 3.63) is 103 Å². The van der Waals surface area contributed by atoms with Crippen molar-refractivity contribution < 1.29 is 19.5 Å². The number of carbonyl (C=O) groups excluding carboxylic acids is 2. The van der Waals surface area contributed by atoms with Crippen LogP contribution in [0.3, 0.4) is 0 Å². The van der Waals surface area contributed by atoms with Crippen LogP contribution in [0, 0.1) is 0 Å². The monoisotopic (exact) mass is 538 g/mol. The van der Waals surface area contributed by atoms with Gasteiger partial charge >= 0.3 is 18.0 Å². The van der Waals surface area contributed by atoms with Crippen LogP contribution in [0.5, 0.6) is 0 Å². The van der Waals surface area contributed by atoms with Crippen LogP contribution in [0.1, 0.15) is 30.4 Å². The third-order valence-electron chi connectivity index (χ3n) is 7.85. The highest BCUT2D eigenvalue weighted by atomic mass is 16.4. The molecule has 0 spiro atoms. The van der Waals surface area contributed by atoms with Crippen LogP contribution < -0.4 is 4.90 Å². The second-order valence-electron chi connectivity index (χ2n) is 10.3. The molecule has 2 aliphatic rings. The van der Waals surface area contributed by atoms with Crippen LogP contribution in [0.4, 0.5) is 21.0 Å². The number of aliphatic carboxylic acids is 1. The molecular formula is C32H34N4O4. The van der Waals surface area contributed by atoms with Crippen molar-refractivity contribution in [2.75, 3.05) is 18.5 Å². The Labute approximate surface area is 234 Å². The molecule has 3 atom stereocenters. The van der Waals surface area contributed by atoms with E-state index in [-0.39, 0.29) is 18.6 Å². The molecule has 4 amide bonds.